The van der Waals surface area contributed by atoms with Crippen LogP contribution in [0.25, 0.3) is 16.8 Å². The molecule has 0 aliphatic carbocycles. The molecule has 0 spiro atoms. The smallest absolute Gasteiger partial charge is 0.340 e. The standard InChI is InChI=1S/C25H24N4O4S/c1-3-32-18-11-9-17(10-12-18)21-15-22-24(26-13-14-29(22)28-21)34-16-23(30)27-20-8-6-5-7-19(20)25(31)33-4-2/h5-15H,3-4,16H2,1-2H3,(H,27,30). The number of esters is 1. The molecule has 0 unspecified atom stereocenters. The first kappa shape index (κ1) is 23.3. The number of aromatic nitrogens is 3. The Morgan fingerprint density at radius 2 is 1.85 bits per heavy atom. The second kappa shape index (κ2) is 10.8. The van der Waals surface area contributed by atoms with Crippen molar-refractivity contribution in [3.05, 3.63) is 72.6 Å². The first-order valence-corrected chi connectivity index (χ1v) is 11.8. The predicted molar refractivity (Wildman–Crippen MR) is 131 cm³/mol. The summed E-state index contributed by atoms with van der Waals surface area (Å²) in [7, 11) is 0. The van der Waals surface area contributed by atoms with Crippen molar-refractivity contribution in [1.82, 2.24) is 14.6 Å². The van der Waals surface area contributed by atoms with Crippen molar-refractivity contribution < 1.29 is 19.1 Å². The molecule has 34 heavy (non-hydrogen) atoms. The van der Waals surface area contributed by atoms with Crippen molar-refractivity contribution >= 4 is 34.8 Å². The summed E-state index contributed by atoms with van der Waals surface area (Å²) in [6, 6.07) is 16.5. The van der Waals surface area contributed by atoms with Crippen LogP contribution in [0.1, 0.15) is 24.2 Å². The number of hydrogen-bond acceptors (Lipinski definition) is 7. The quantitative estimate of drug-likeness (QED) is 0.276. The summed E-state index contributed by atoms with van der Waals surface area (Å²) in [6.45, 7) is 4.56. The van der Waals surface area contributed by atoms with Crippen molar-refractivity contribution in [3.63, 3.8) is 0 Å². The normalized spacial score (nSPS) is 10.8. The van der Waals surface area contributed by atoms with Gasteiger partial charge in [0, 0.05) is 18.0 Å². The van der Waals surface area contributed by atoms with Crippen LogP contribution >= 0.6 is 11.8 Å². The summed E-state index contributed by atoms with van der Waals surface area (Å²) in [5, 5.41) is 8.11. The number of amides is 1. The van der Waals surface area contributed by atoms with Crippen molar-refractivity contribution in [1.29, 1.82) is 0 Å². The highest BCUT2D eigenvalue weighted by molar-refractivity contribution is 8.00. The Kier molecular flexibility index (Phi) is 7.44. The van der Waals surface area contributed by atoms with E-state index in [9.17, 15) is 9.59 Å². The Balaban J connectivity index is 1.47. The van der Waals surface area contributed by atoms with Gasteiger partial charge < -0.3 is 14.8 Å². The SMILES string of the molecule is CCOC(=O)c1ccccc1NC(=O)CSc1nccn2nc(-c3ccc(OCC)cc3)cc12. The molecule has 1 amide bonds. The monoisotopic (exact) mass is 476 g/mol. The summed E-state index contributed by atoms with van der Waals surface area (Å²) < 4.78 is 12.3. The van der Waals surface area contributed by atoms with E-state index in [4.69, 9.17) is 9.47 Å². The number of fused-ring (bicyclic) bond motifs is 1. The van der Waals surface area contributed by atoms with Gasteiger partial charge in [-0.2, -0.15) is 5.10 Å². The first-order chi connectivity index (χ1) is 16.6. The molecule has 0 aliphatic rings. The molecule has 0 bridgehead atoms. The molecule has 8 nitrogen and oxygen atoms in total. The molecular formula is C25H24N4O4S. The molecule has 4 rings (SSSR count). The second-order valence-electron chi connectivity index (χ2n) is 7.15. The first-order valence-electron chi connectivity index (χ1n) is 10.9. The molecule has 0 fully saturated rings. The third-order valence-corrected chi connectivity index (χ3v) is 5.85. The molecule has 0 atom stereocenters. The molecule has 2 heterocycles. The molecule has 0 aliphatic heterocycles. The van der Waals surface area contributed by atoms with E-state index in [1.807, 2.05) is 37.3 Å². The lowest BCUT2D eigenvalue weighted by atomic mass is 10.1. The Morgan fingerprint density at radius 3 is 2.62 bits per heavy atom. The number of carbonyl (C=O) groups excluding carboxylic acids is 2. The topological polar surface area (TPSA) is 94.8 Å². The molecular weight excluding hydrogens is 452 g/mol. The molecule has 0 saturated carbocycles. The Bertz CT molecular complexity index is 1300. The number of rotatable bonds is 9. The van der Waals surface area contributed by atoms with E-state index in [1.54, 1.807) is 48.1 Å². The number of nitrogens with zero attached hydrogens (tertiary/aromatic N) is 3. The predicted octanol–water partition coefficient (Wildman–Crippen LogP) is 4.70. The maximum absolute atomic E-state index is 12.6. The highest BCUT2D eigenvalue weighted by atomic mass is 32.2. The average Bonchev–Trinajstić information content (AvgIpc) is 3.29. The fourth-order valence-electron chi connectivity index (χ4n) is 3.34. The number of para-hydroxylation sites is 1. The summed E-state index contributed by atoms with van der Waals surface area (Å²) in [4.78, 5) is 29.2. The zero-order valence-corrected chi connectivity index (χ0v) is 19.7. The fraction of sp³-hybridized carbons (Fsp3) is 0.200. The minimum Gasteiger partial charge on any atom is -0.494 e. The van der Waals surface area contributed by atoms with E-state index in [0.29, 0.717) is 22.9 Å². The van der Waals surface area contributed by atoms with Gasteiger partial charge in [0.2, 0.25) is 5.91 Å². The molecule has 2 aromatic heterocycles. The maximum atomic E-state index is 12.6. The van der Waals surface area contributed by atoms with Gasteiger partial charge in [-0.15, -0.1) is 0 Å². The summed E-state index contributed by atoms with van der Waals surface area (Å²) in [5.41, 5.74) is 3.29. The highest BCUT2D eigenvalue weighted by Crippen LogP contribution is 2.27. The van der Waals surface area contributed by atoms with Crippen LogP contribution < -0.4 is 10.1 Å². The zero-order chi connectivity index (χ0) is 23.9. The Labute approximate surface area is 201 Å². The van der Waals surface area contributed by atoms with E-state index < -0.39 is 5.97 Å². The van der Waals surface area contributed by atoms with E-state index in [1.165, 1.54) is 11.8 Å². The summed E-state index contributed by atoms with van der Waals surface area (Å²) >= 11 is 1.30. The van der Waals surface area contributed by atoms with Crippen molar-refractivity contribution in [2.24, 2.45) is 0 Å². The third-order valence-electron chi connectivity index (χ3n) is 4.85. The van der Waals surface area contributed by atoms with Crippen molar-refractivity contribution in [2.75, 3.05) is 24.3 Å². The largest absolute Gasteiger partial charge is 0.494 e. The second-order valence-corrected chi connectivity index (χ2v) is 8.12. The van der Waals surface area contributed by atoms with E-state index >= 15 is 0 Å². The maximum Gasteiger partial charge on any atom is 0.340 e. The van der Waals surface area contributed by atoms with Crippen LogP contribution in [0.5, 0.6) is 5.75 Å². The van der Waals surface area contributed by atoms with Crippen LogP contribution in [-0.2, 0) is 9.53 Å². The number of carbonyl (C=O) groups is 2. The van der Waals surface area contributed by atoms with Gasteiger partial charge in [0.25, 0.3) is 0 Å². The molecule has 1 N–H and O–H groups in total. The van der Waals surface area contributed by atoms with Crippen LogP contribution in [0.15, 0.2) is 72.0 Å². The minimum absolute atomic E-state index is 0.118. The van der Waals surface area contributed by atoms with Crippen molar-refractivity contribution in [3.8, 4) is 17.0 Å². The lowest BCUT2D eigenvalue weighted by Crippen LogP contribution is -2.17. The van der Waals surface area contributed by atoms with Gasteiger partial charge in [0.15, 0.2) is 0 Å². The third kappa shape index (κ3) is 5.37. The van der Waals surface area contributed by atoms with Crippen LogP contribution in [0.4, 0.5) is 5.69 Å². The number of ether oxygens (including phenoxy) is 2. The lowest BCUT2D eigenvalue weighted by Gasteiger charge is -2.10. The Hall–Kier alpha value is -3.85. The molecule has 0 saturated heterocycles. The van der Waals surface area contributed by atoms with Gasteiger partial charge >= 0.3 is 5.97 Å². The zero-order valence-electron chi connectivity index (χ0n) is 18.9. The number of hydrogen-bond donors (Lipinski definition) is 1. The van der Waals surface area contributed by atoms with Crippen molar-refractivity contribution in [2.45, 2.75) is 18.9 Å². The molecule has 0 radical (unpaired) electrons. The number of thioether (sulfide) groups is 1. The highest BCUT2D eigenvalue weighted by Gasteiger charge is 2.15. The van der Waals surface area contributed by atoms with Gasteiger partial charge in [-0.25, -0.2) is 14.3 Å². The number of benzene rings is 2. The molecule has 2 aromatic carbocycles. The van der Waals surface area contributed by atoms with Crippen LogP contribution in [-0.4, -0.2) is 45.4 Å². The molecule has 9 heteroatoms. The lowest BCUT2D eigenvalue weighted by molar-refractivity contribution is -0.113. The average molecular weight is 477 g/mol. The summed E-state index contributed by atoms with van der Waals surface area (Å²) in [6.07, 6.45) is 3.42. The van der Waals surface area contributed by atoms with Gasteiger partial charge in [-0.1, -0.05) is 23.9 Å². The van der Waals surface area contributed by atoms with Crippen LogP contribution in [0, 0.1) is 0 Å². The van der Waals surface area contributed by atoms with E-state index in [-0.39, 0.29) is 18.3 Å². The number of anilines is 1. The minimum atomic E-state index is -0.474. The van der Waals surface area contributed by atoms with Gasteiger partial charge in [-0.3, -0.25) is 4.79 Å². The van der Waals surface area contributed by atoms with Gasteiger partial charge in [0.05, 0.1) is 41.4 Å². The molecule has 174 valence electrons. The fourth-order valence-corrected chi connectivity index (χ4v) is 4.11. The van der Waals surface area contributed by atoms with Gasteiger partial charge in [0.1, 0.15) is 10.8 Å². The van der Waals surface area contributed by atoms with E-state index in [0.717, 1.165) is 22.5 Å². The number of nitrogens with one attached hydrogen (secondary N) is 1. The van der Waals surface area contributed by atoms with E-state index in [2.05, 4.69) is 15.4 Å². The van der Waals surface area contributed by atoms with Crippen LogP contribution in [0.2, 0.25) is 0 Å². The Morgan fingerprint density at radius 1 is 1.06 bits per heavy atom. The summed E-state index contributed by atoms with van der Waals surface area (Å²) in [5.74, 6) is 0.201. The molecule has 4 aromatic rings. The van der Waals surface area contributed by atoms with Crippen LogP contribution in [0.3, 0.4) is 0 Å². The van der Waals surface area contributed by atoms with Gasteiger partial charge in [-0.05, 0) is 56.3 Å².